The first-order valence-corrected chi connectivity index (χ1v) is 10.6. The first-order chi connectivity index (χ1) is 15.9. The number of ketones is 1. The summed E-state index contributed by atoms with van der Waals surface area (Å²) >= 11 is 6.25. The molecule has 1 aliphatic heterocycles. The zero-order valence-corrected chi connectivity index (χ0v) is 19.1. The molecule has 1 fully saturated rings. The number of para-hydroxylation sites is 2. The van der Waals surface area contributed by atoms with Gasteiger partial charge in [0.15, 0.2) is 0 Å². The topological polar surface area (TPSA) is 76.1 Å². The molecular weight excluding hydrogens is 442 g/mol. The first kappa shape index (κ1) is 22.4. The number of carbonyl (C=O) groups is 2. The van der Waals surface area contributed by atoms with Gasteiger partial charge < -0.3 is 14.6 Å². The minimum Gasteiger partial charge on any atom is -0.507 e. The number of amides is 1. The van der Waals surface area contributed by atoms with Gasteiger partial charge in [-0.2, -0.15) is 0 Å². The predicted molar refractivity (Wildman–Crippen MR) is 127 cm³/mol. The van der Waals surface area contributed by atoms with E-state index in [4.69, 9.17) is 21.1 Å². The van der Waals surface area contributed by atoms with Gasteiger partial charge in [-0.15, -0.1) is 0 Å². The molecule has 1 atom stereocenters. The Morgan fingerprint density at radius 2 is 1.67 bits per heavy atom. The summed E-state index contributed by atoms with van der Waals surface area (Å²) in [5.74, 6) is -1.01. The van der Waals surface area contributed by atoms with Crippen LogP contribution in [0.2, 0.25) is 5.02 Å². The van der Waals surface area contributed by atoms with Crippen LogP contribution in [0.25, 0.3) is 5.76 Å². The highest BCUT2D eigenvalue weighted by Gasteiger charge is 2.47. The van der Waals surface area contributed by atoms with Crippen molar-refractivity contribution in [3.05, 3.63) is 94.0 Å². The van der Waals surface area contributed by atoms with Crippen LogP contribution in [-0.2, 0) is 9.59 Å². The van der Waals surface area contributed by atoms with Crippen molar-refractivity contribution in [2.45, 2.75) is 13.0 Å². The average molecular weight is 464 g/mol. The summed E-state index contributed by atoms with van der Waals surface area (Å²) in [6, 6.07) is 18.2. The summed E-state index contributed by atoms with van der Waals surface area (Å²) < 4.78 is 10.6. The number of nitrogens with zero attached hydrogens (tertiary/aromatic N) is 1. The van der Waals surface area contributed by atoms with Gasteiger partial charge in [0.2, 0.25) is 0 Å². The van der Waals surface area contributed by atoms with Crippen molar-refractivity contribution in [2.24, 2.45) is 0 Å². The number of anilines is 1. The largest absolute Gasteiger partial charge is 0.507 e. The van der Waals surface area contributed by atoms with E-state index in [1.165, 1.54) is 25.2 Å². The molecule has 0 aliphatic carbocycles. The van der Waals surface area contributed by atoms with Crippen molar-refractivity contribution in [3.8, 4) is 11.5 Å². The van der Waals surface area contributed by atoms with Crippen LogP contribution >= 0.6 is 11.6 Å². The second-order valence-corrected chi connectivity index (χ2v) is 8.01. The fourth-order valence-corrected chi connectivity index (χ4v) is 4.29. The molecule has 0 bridgehead atoms. The maximum atomic E-state index is 13.3. The third-order valence-corrected chi connectivity index (χ3v) is 5.87. The number of aryl methyl sites for hydroxylation is 1. The number of ether oxygens (including phenoxy) is 2. The Bertz CT molecular complexity index is 1280. The Balaban J connectivity index is 1.97. The van der Waals surface area contributed by atoms with E-state index < -0.39 is 17.7 Å². The smallest absolute Gasteiger partial charge is 0.300 e. The molecule has 0 spiro atoms. The highest BCUT2D eigenvalue weighted by atomic mass is 35.5. The third kappa shape index (κ3) is 3.94. The van der Waals surface area contributed by atoms with Crippen LogP contribution in [-0.4, -0.2) is 31.0 Å². The molecule has 168 valence electrons. The predicted octanol–water partition coefficient (Wildman–Crippen LogP) is 5.29. The summed E-state index contributed by atoms with van der Waals surface area (Å²) in [5, 5.41) is 11.5. The fourth-order valence-electron chi connectivity index (χ4n) is 4.03. The summed E-state index contributed by atoms with van der Waals surface area (Å²) in [6.07, 6.45) is 0. The summed E-state index contributed by atoms with van der Waals surface area (Å²) in [7, 11) is 2.98. The van der Waals surface area contributed by atoms with Crippen LogP contribution in [0.1, 0.15) is 22.7 Å². The molecule has 1 unspecified atom stereocenters. The molecule has 1 saturated heterocycles. The van der Waals surface area contributed by atoms with E-state index in [0.717, 1.165) is 5.56 Å². The van der Waals surface area contributed by atoms with Crippen LogP contribution < -0.4 is 14.4 Å². The monoisotopic (exact) mass is 463 g/mol. The van der Waals surface area contributed by atoms with Crippen molar-refractivity contribution in [1.82, 2.24) is 0 Å². The lowest BCUT2D eigenvalue weighted by Gasteiger charge is -2.27. The van der Waals surface area contributed by atoms with Crippen LogP contribution in [0.3, 0.4) is 0 Å². The maximum absolute atomic E-state index is 13.3. The molecule has 3 aromatic carbocycles. The maximum Gasteiger partial charge on any atom is 0.300 e. The average Bonchev–Trinajstić information content (AvgIpc) is 3.08. The van der Waals surface area contributed by atoms with Gasteiger partial charge in [-0.25, -0.2) is 0 Å². The molecule has 4 rings (SSSR count). The van der Waals surface area contributed by atoms with Crippen molar-refractivity contribution in [1.29, 1.82) is 0 Å². The number of aliphatic hydroxyl groups is 1. The number of methoxy groups -OCH3 is 2. The SMILES string of the molecule is COc1ccc(/C(O)=C2/C(=O)C(=O)N(c3ccccc3OC)C2c2cccc(C)c2)cc1Cl. The Morgan fingerprint density at radius 3 is 2.33 bits per heavy atom. The van der Waals surface area contributed by atoms with Crippen molar-refractivity contribution in [3.63, 3.8) is 0 Å². The minimum atomic E-state index is -0.859. The quantitative estimate of drug-likeness (QED) is 0.316. The second-order valence-electron chi connectivity index (χ2n) is 7.60. The lowest BCUT2D eigenvalue weighted by Crippen LogP contribution is -2.29. The second kappa shape index (κ2) is 9.00. The van der Waals surface area contributed by atoms with Gasteiger partial charge in [0.25, 0.3) is 11.7 Å². The van der Waals surface area contributed by atoms with E-state index in [9.17, 15) is 14.7 Å². The van der Waals surface area contributed by atoms with E-state index in [1.807, 2.05) is 31.2 Å². The summed E-state index contributed by atoms with van der Waals surface area (Å²) in [6.45, 7) is 1.92. The molecule has 3 aromatic rings. The van der Waals surface area contributed by atoms with Gasteiger partial charge in [0, 0.05) is 5.56 Å². The Hall–Kier alpha value is -3.77. The highest BCUT2D eigenvalue weighted by molar-refractivity contribution is 6.52. The molecule has 1 aliphatic rings. The van der Waals surface area contributed by atoms with Crippen LogP contribution in [0.15, 0.2) is 72.3 Å². The molecule has 33 heavy (non-hydrogen) atoms. The van der Waals surface area contributed by atoms with Crippen LogP contribution in [0.5, 0.6) is 11.5 Å². The molecule has 6 nitrogen and oxygen atoms in total. The molecule has 1 amide bonds. The lowest BCUT2D eigenvalue weighted by atomic mass is 9.94. The molecule has 0 radical (unpaired) electrons. The highest BCUT2D eigenvalue weighted by Crippen LogP contribution is 2.45. The fraction of sp³-hybridized carbons (Fsp3) is 0.154. The van der Waals surface area contributed by atoms with Gasteiger partial charge in [-0.1, -0.05) is 53.6 Å². The number of aliphatic hydroxyl groups excluding tert-OH is 1. The molecule has 0 saturated carbocycles. The van der Waals surface area contributed by atoms with E-state index in [0.29, 0.717) is 28.3 Å². The van der Waals surface area contributed by atoms with Crippen molar-refractivity contribution in [2.75, 3.05) is 19.1 Å². The van der Waals surface area contributed by atoms with E-state index >= 15 is 0 Å². The number of carbonyl (C=O) groups excluding carboxylic acids is 2. The van der Waals surface area contributed by atoms with Gasteiger partial charge in [-0.3, -0.25) is 14.5 Å². The molecule has 7 heteroatoms. The third-order valence-electron chi connectivity index (χ3n) is 5.57. The zero-order valence-electron chi connectivity index (χ0n) is 18.3. The van der Waals surface area contributed by atoms with Crippen molar-refractivity contribution < 1.29 is 24.2 Å². The lowest BCUT2D eigenvalue weighted by molar-refractivity contribution is -0.132. The number of Topliss-reactive ketones (excluding diaryl/α,β-unsaturated/α-hetero) is 1. The zero-order chi connectivity index (χ0) is 23.7. The van der Waals surface area contributed by atoms with Gasteiger partial charge in [-0.05, 0) is 42.8 Å². The molecule has 1 N–H and O–H groups in total. The van der Waals surface area contributed by atoms with E-state index in [2.05, 4.69) is 0 Å². The Morgan fingerprint density at radius 1 is 0.939 bits per heavy atom. The number of benzene rings is 3. The summed E-state index contributed by atoms with van der Waals surface area (Å²) in [5.41, 5.74) is 2.33. The number of hydrogen-bond acceptors (Lipinski definition) is 5. The Labute approximate surface area is 196 Å². The van der Waals surface area contributed by atoms with E-state index in [1.54, 1.807) is 36.4 Å². The number of rotatable bonds is 5. The van der Waals surface area contributed by atoms with Crippen molar-refractivity contribution >= 4 is 34.7 Å². The standard InChI is InChI=1S/C26H22ClNO5/c1-15-7-6-8-16(13-15)23-22(24(29)17-11-12-20(32-2)18(27)14-17)25(30)26(31)28(23)19-9-4-5-10-21(19)33-3/h4-14,23,29H,1-3H3/b24-22-. The first-order valence-electron chi connectivity index (χ1n) is 10.2. The molecule has 0 aromatic heterocycles. The number of hydrogen-bond donors (Lipinski definition) is 1. The Kier molecular flexibility index (Phi) is 6.11. The normalized spacial score (nSPS) is 17.3. The van der Waals surface area contributed by atoms with Gasteiger partial charge in [0.1, 0.15) is 17.3 Å². The molecular formula is C26H22ClNO5. The molecule has 1 heterocycles. The minimum absolute atomic E-state index is 0.0299. The van der Waals surface area contributed by atoms with E-state index in [-0.39, 0.29) is 16.4 Å². The summed E-state index contributed by atoms with van der Waals surface area (Å²) in [4.78, 5) is 27.9. The van der Waals surface area contributed by atoms with Crippen LogP contribution in [0, 0.1) is 6.92 Å². The number of halogens is 1. The van der Waals surface area contributed by atoms with Crippen LogP contribution in [0.4, 0.5) is 5.69 Å². The van der Waals surface area contributed by atoms with Gasteiger partial charge >= 0.3 is 0 Å². The van der Waals surface area contributed by atoms with Gasteiger partial charge in [0.05, 0.1) is 36.5 Å².